The molecule has 3 rings (SSSR count). The summed E-state index contributed by atoms with van der Waals surface area (Å²) < 4.78 is 11.2. The van der Waals surface area contributed by atoms with Crippen LogP contribution in [0.2, 0.25) is 0 Å². The average molecular weight is 384 g/mol. The summed E-state index contributed by atoms with van der Waals surface area (Å²) in [5.74, 6) is -1.45. The van der Waals surface area contributed by atoms with E-state index < -0.39 is 16.7 Å². The first kappa shape index (κ1) is 18.9. The lowest BCUT2D eigenvalue weighted by atomic mass is 10.0. The fraction of sp³-hybridized carbons (Fsp3) is 0.158. The molecule has 2 aromatic heterocycles. The second-order valence-corrected chi connectivity index (χ2v) is 5.93. The predicted molar refractivity (Wildman–Crippen MR) is 98.2 cm³/mol. The van der Waals surface area contributed by atoms with Gasteiger partial charge in [-0.05, 0) is 36.8 Å². The fourth-order valence-corrected chi connectivity index (χ4v) is 3.15. The summed E-state index contributed by atoms with van der Waals surface area (Å²) >= 11 is 0. The first-order valence-electron chi connectivity index (χ1n) is 8.09. The number of esters is 1. The lowest BCUT2D eigenvalue weighted by molar-refractivity contribution is -0.385. The Morgan fingerprint density at radius 2 is 1.93 bits per heavy atom. The summed E-state index contributed by atoms with van der Waals surface area (Å²) in [7, 11) is 2.47. The van der Waals surface area contributed by atoms with Crippen molar-refractivity contribution in [2.24, 2.45) is 0 Å². The molecule has 0 unspecified atom stereocenters. The minimum Gasteiger partial charge on any atom is -0.506 e. The smallest absolute Gasteiger partial charge is 0.340 e. The summed E-state index contributed by atoms with van der Waals surface area (Å²) in [6, 6.07) is 6.67. The number of benzene rings is 1. The topological polar surface area (TPSA) is 120 Å². The molecule has 28 heavy (non-hydrogen) atoms. The number of carbonyl (C=O) groups is 2. The Morgan fingerprint density at radius 1 is 1.21 bits per heavy atom. The van der Waals surface area contributed by atoms with Crippen molar-refractivity contribution < 1.29 is 29.1 Å². The summed E-state index contributed by atoms with van der Waals surface area (Å²) in [5, 5.41) is 21.3. The zero-order valence-electron chi connectivity index (χ0n) is 15.3. The number of methoxy groups -OCH3 is 2. The molecule has 0 bridgehead atoms. The Balaban J connectivity index is 2.26. The SMILES string of the molecule is COC(=O)c1c(C)c(C(=O)c2ccc([N+](=O)[O-])c(OC)c2)n2cccc(O)c12. The van der Waals surface area contributed by atoms with Crippen LogP contribution in [-0.4, -0.2) is 40.4 Å². The Hall–Kier alpha value is -3.88. The van der Waals surface area contributed by atoms with Crippen LogP contribution in [0.4, 0.5) is 5.69 Å². The molecule has 0 aliphatic heterocycles. The number of ether oxygens (including phenoxy) is 2. The zero-order chi connectivity index (χ0) is 20.6. The van der Waals surface area contributed by atoms with Gasteiger partial charge >= 0.3 is 11.7 Å². The number of nitro groups is 1. The fourth-order valence-electron chi connectivity index (χ4n) is 3.15. The number of hydrogen-bond acceptors (Lipinski definition) is 7. The van der Waals surface area contributed by atoms with Gasteiger partial charge in [0, 0.05) is 17.8 Å². The standard InChI is InChI=1S/C19H16N2O7/c1-10-15(19(24)28-3)17-13(22)5-4-8-20(17)16(10)18(23)11-6-7-12(21(25)26)14(9-11)27-2/h4-9,22H,1-3H3. The van der Waals surface area contributed by atoms with Gasteiger partial charge in [0.15, 0.2) is 5.75 Å². The van der Waals surface area contributed by atoms with E-state index in [0.717, 1.165) is 0 Å². The van der Waals surface area contributed by atoms with Crippen molar-refractivity contribution in [3.63, 3.8) is 0 Å². The van der Waals surface area contributed by atoms with E-state index in [4.69, 9.17) is 9.47 Å². The first-order chi connectivity index (χ1) is 13.3. The second-order valence-electron chi connectivity index (χ2n) is 5.93. The molecule has 0 atom stereocenters. The Bertz CT molecular complexity index is 1130. The van der Waals surface area contributed by atoms with Gasteiger partial charge in [0.25, 0.3) is 0 Å². The highest BCUT2D eigenvalue weighted by atomic mass is 16.6. The molecule has 144 valence electrons. The summed E-state index contributed by atoms with van der Waals surface area (Å²) in [4.78, 5) is 35.9. The third kappa shape index (κ3) is 2.82. The van der Waals surface area contributed by atoms with Crippen LogP contribution in [0.15, 0.2) is 36.5 Å². The van der Waals surface area contributed by atoms with Crippen LogP contribution in [0.5, 0.6) is 11.5 Å². The average Bonchev–Trinajstić information content (AvgIpc) is 2.99. The molecule has 0 fully saturated rings. The van der Waals surface area contributed by atoms with Gasteiger partial charge in [-0.1, -0.05) is 0 Å². The van der Waals surface area contributed by atoms with Crippen LogP contribution in [-0.2, 0) is 4.74 Å². The third-order valence-corrected chi connectivity index (χ3v) is 4.42. The van der Waals surface area contributed by atoms with Crippen molar-refractivity contribution in [1.29, 1.82) is 0 Å². The molecule has 9 nitrogen and oxygen atoms in total. The molecule has 0 aliphatic rings. The highest BCUT2D eigenvalue weighted by molar-refractivity contribution is 6.13. The highest BCUT2D eigenvalue weighted by Crippen LogP contribution is 2.33. The van der Waals surface area contributed by atoms with Crippen LogP contribution >= 0.6 is 0 Å². The van der Waals surface area contributed by atoms with E-state index in [9.17, 15) is 24.8 Å². The molecule has 1 N–H and O–H groups in total. The number of ketones is 1. The molecule has 3 aromatic rings. The van der Waals surface area contributed by atoms with Crippen LogP contribution in [0, 0.1) is 17.0 Å². The molecule has 0 saturated carbocycles. The van der Waals surface area contributed by atoms with Crippen LogP contribution in [0.25, 0.3) is 5.52 Å². The molecular formula is C19H16N2O7. The molecule has 0 amide bonds. The van der Waals surface area contributed by atoms with Gasteiger partial charge in [0.2, 0.25) is 5.78 Å². The number of hydrogen-bond donors (Lipinski definition) is 1. The second kappa shape index (κ2) is 7.03. The molecule has 0 saturated heterocycles. The summed E-state index contributed by atoms with van der Waals surface area (Å²) in [6.45, 7) is 1.56. The first-order valence-corrected chi connectivity index (χ1v) is 8.09. The molecule has 9 heteroatoms. The van der Waals surface area contributed by atoms with E-state index in [-0.39, 0.29) is 39.5 Å². The van der Waals surface area contributed by atoms with Gasteiger partial charge in [0.1, 0.15) is 11.3 Å². The van der Waals surface area contributed by atoms with E-state index in [2.05, 4.69) is 0 Å². The van der Waals surface area contributed by atoms with E-state index in [0.29, 0.717) is 5.56 Å². The quantitative estimate of drug-likeness (QED) is 0.311. The molecule has 0 aliphatic carbocycles. The van der Waals surface area contributed by atoms with Gasteiger partial charge in [-0.3, -0.25) is 14.9 Å². The molecule has 1 aromatic carbocycles. The minimum atomic E-state index is -0.697. The van der Waals surface area contributed by atoms with Crippen LogP contribution < -0.4 is 4.74 Å². The van der Waals surface area contributed by atoms with Crippen molar-refractivity contribution >= 4 is 23.0 Å². The van der Waals surface area contributed by atoms with Crippen molar-refractivity contribution in [2.45, 2.75) is 6.92 Å². The Morgan fingerprint density at radius 3 is 2.54 bits per heavy atom. The van der Waals surface area contributed by atoms with Crippen LogP contribution in [0.3, 0.4) is 0 Å². The van der Waals surface area contributed by atoms with E-state index in [1.807, 2.05) is 0 Å². The minimum absolute atomic E-state index is 0.0644. The van der Waals surface area contributed by atoms with Crippen molar-refractivity contribution in [1.82, 2.24) is 4.40 Å². The van der Waals surface area contributed by atoms with E-state index >= 15 is 0 Å². The molecule has 0 spiro atoms. The maximum absolute atomic E-state index is 13.2. The predicted octanol–water partition coefficient (Wildman–Crippen LogP) is 2.89. The molecular weight excluding hydrogens is 368 g/mol. The van der Waals surface area contributed by atoms with Crippen molar-refractivity contribution in [3.05, 3.63) is 69.0 Å². The van der Waals surface area contributed by atoms with Gasteiger partial charge in [-0.2, -0.15) is 0 Å². The van der Waals surface area contributed by atoms with Crippen molar-refractivity contribution in [2.75, 3.05) is 14.2 Å². The maximum Gasteiger partial charge on any atom is 0.340 e. The molecule has 0 radical (unpaired) electrons. The number of rotatable bonds is 5. The van der Waals surface area contributed by atoms with Crippen LogP contribution in [0.1, 0.15) is 32.0 Å². The largest absolute Gasteiger partial charge is 0.506 e. The lowest BCUT2D eigenvalue weighted by Crippen LogP contribution is -2.08. The number of aromatic hydroxyl groups is 1. The Labute approximate surface area is 158 Å². The number of aromatic nitrogens is 1. The van der Waals surface area contributed by atoms with Gasteiger partial charge in [-0.25, -0.2) is 4.79 Å². The number of nitrogens with zero attached hydrogens (tertiary/aromatic N) is 2. The normalized spacial score (nSPS) is 10.7. The van der Waals surface area contributed by atoms with Crippen molar-refractivity contribution in [3.8, 4) is 11.5 Å². The zero-order valence-corrected chi connectivity index (χ0v) is 15.3. The summed E-state index contributed by atoms with van der Waals surface area (Å²) in [6.07, 6.45) is 1.53. The summed E-state index contributed by atoms with van der Waals surface area (Å²) in [5.41, 5.74) is 0.508. The van der Waals surface area contributed by atoms with Gasteiger partial charge in [0.05, 0.1) is 30.4 Å². The van der Waals surface area contributed by atoms with Gasteiger partial charge < -0.3 is 19.0 Å². The number of nitro benzene ring substituents is 1. The monoisotopic (exact) mass is 384 g/mol. The molecule has 2 heterocycles. The van der Waals surface area contributed by atoms with E-state index in [1.54, 1.807) is 6.92 Å². The Kier molecular flexibility index (Phi) is 4.74. The van der Waals surface area contributed by atoms with Gasteiger partial charge in [-0.15, -0.1) is 0 Å². The lowest BCUT2D eigenvalue weighted by Gasteiger charge is -2.07. The number of fused-ring (bicyclic) bond motifs is 1. The number of carbonyl (C=O) groups excluding carboxylic acids is 2. The van der Waals surface area contributed by atoms with E-state index in [1.165, 1.54) is 55.1 Å². The number of pyridine rings is 1. The highest BCUT2D eigenvalue weighted by Gasteiger charge is 2.28. The maximum atomic E-state index is 13.2. The third-order valence-electron chi connectivity index (χ3n) is 4.42.